The van der Waals surface area contributed by atoms with E-state index in [1.807, 2.05) is 0 Å². The predicted octanol–water partition coefficient (Wildman–Crippen LogP) is 3.12. The lowest BCUT2D eigenvalue weighted by Gasteiger charge is -2.13. The van der Waals surface area contributed by atoms with Crippen LogP contribution >= 0.6 is 0 Å². The fraction of sp³-hybridized carbons (Fsp3) is 0.455. The molecule has 16 heavy (non-hydrogen) atoms. The monoisotopic (exact) mass is 235 g/mol. The molecular formula is C11H13F4N. The SMILES string of the molecule is C[C@@H](N)CCc1cc(F)ccc1C(F)(F)F. The van der Waals surface area contributed by atoms with Gasteiger partial charge in [-0.05, 0) is 43.5 Å². The number of aryl methyl sites for hydroxylation is 1. The van der Waals surface area contributed by atoms with Gasteiger partial charge in [-0.2, -0.15) is 13.2 Å². The van der Waals surface area contributed by atoms with Gasteiger partial charge in [-0.15, -0.1) is 0 Å². The zero-order chi connectivity index (χ0) is 12.3. The van der Waals surface area contributed by atoms with Gasteiger partial charge in [-0.3, -0.25) is 0 Å². The van der Waals surface area contributed by atoms with E-state index in [1.54, 1.807) is 6.92 Å². The first-order valence-electron chi connectivity index (χ1n) is 4.92. The standard InChI is InChI=1S/C11H13F4N/c1-7(16)2-3-8-6-9(12)4-5-10(8)11(13,14)15/h4-7H,2-3,16H2,1H3/t7-/m1/s1. The van der Waals surface area contributed by atoms with Crippen LogP contribution in [0.3, 0.4) is 0 Å². The van der Waals surface area contributed by atoms with Crippen molar-refractivity contribution < 1.29 is 17.6 Å². The van der Waals surface area contributed by atoms with Crippen LogP contribution in [-0.2, 0) is 12.6 Å². The molecule has 1 atom stereocenters. The molecule has 1 aromatic rings. The van der Waals surface area contributed by atoms with E-state index < -0.39 is 17.6 Å². The number of hydrogen-bond acceptors (Lipinski definition) is 1. The summed E-state index contributed by atoms with van der Waals surface area (Å²) in [5.41, 5.74) is 4.64. The number of rotatable bonds is 3. The van der Waals surface area contributed by atoms with Crippen molar-refractivity contribution in [3.8, 4) is 0 Å². The van der Waals surface area contributed by atoms with Crippen molar-refractivity contribution in [1.82, 2.24) is 0 Å². The summed E-state index contributed by atoms with van der Waals surface area (Å²) in [5, 5.41) is 0. The van der Waals surface area contributed by atoms with Gasteiger partial charge in [0, 0.05) is 6.04 Å². The quantitative estimate of drug-likeness (QED) is 0.800. The van der Waals surface area contributed by atoms with Crippen molar-refractivity contribution in [3.63, 3.8) is 0 Å². The van der Waals surface area contributed by atoms with E-state index in [4.69, 9.17) is 5.73 Å². The summed E-state index contributed by atoms with van der Waals surface area (Å²) in [6, 6.07) is 2.30. The van der Waals surface area contributed by atoms with Crippen LogP contribution in [-0.4, -0.2) is 6.04 Å². The van der Waals surface area contributed by atoms with Crippen LogP contribution < -0.4 is 5.73 Å². The van der Waals surface area contributed by atoms with Gasteiger partial charge in [0.15, 0.2) is 0 Å². The van der Waals surface area contributed by atoms with Crippen LogP contribution in [0.25, 0.3) is 0 Å². The molecule has 5 heteroatoms. The van der Waals surface area contributed by atoms with Gasteiger partial charge in [-0.1, -0.05) is 0 Å². The Morgan fingerprint density at radius 2 is 1.94 bits per heavy atom. The topological polar surface area (TPSA) is 26.0 Å². The summed E-state index contributed by atoms with van der Waals surface area (Å²) >= 11 is 0. The third kappa shape index (κ3) is 3.48. The second kappa shape index (κ2) is 4.82. The van der Waals surface area contributed by atoms with E-state index >= 15 is 0 Å². The van der Waals surface area contributed by atoms with Crippen molar-refractivity contribution in [3.05, 3.63) is 35.1 Å². The van der Waals surface area contributed by atoms with Gasteiger partial charge in [0.1, 0.15) is 5.82 Å². The molecule has 2 N–H and O–H groups in total. The van der Waals surface area contributed by atoms with Gasteiger partial charge in [0.2, 0.25) is 0 Å². The maximum Gasteiger partial charge on any atom is 0.416 e. The van der Waals surface area contributed by atoms with Crippen LogP contribution in [0.5, 0.6) is 0 Å². The van der Waals surface area contributed by atoms with Crippen LogP contribution in [0.1, 0.15) is 24.5 Å². The van der Waals surface area contributed by atoms with Gasteiger partial charge >= 0.3 is 6.18 Å². The van der Waals surface area contributed by atoms with Gasteiger partial charge in [0.25, 0.3) is 0 Å². The molecule has 0 aliphatic rings. The van der Waals surface area contributed by atoms with Gasteiger partial charge in [0.05, 0.1) is 5.56 Å². The maximum absolute atomic E-state index is 12.9. The summed E-state index contributed by atoms with van der Waals surface area (Å²) in [6.45, 7) is 1.70. The Kier molecular flexibility index (Phi) is 3.91. The van der Waals surface area contributed by atoms with Crippen molar-refractivity contribution in [1.29, 1.82) is 0 Å². The highest BCUT2D eigenvalue weighted by Crippen LogP contribution is 2.32. The molecule has 1 aromatic carbocycles. The second-order valence-electron chi connectivity index (χ2n) is 3.82. The Morgan fingerprint density at radius 3 is 2.44 bits per heavy atom. The minimum Gasteiger partial charge on any atom is -0.328 e. The fourth-order valence-corrected chi connectivity index (χ4v) is 1.43. The Bertz CT molecular complexity index is 357. The number of benzene rings is 1. The lowest BCUT2D eigenvalue weighted by molar-refractivity contribution is -0.138. The van der Waals surface area contributed by atoms with Crippen LogP contribution in [0.15, 0.2) is 18.2 Å². The van der Waals surface area contributed by atoms with E-state index in [9.17, 15) is 17.6 Å². The van der Waals surface area contributed by atoms with Crippen LogP contribution in [0, 0.1) is 5.82 Å². The van der Waals surface area contributed by atoms with E-state index in [0.29, 0.717) is 6.42 Å². The summed E-state index contributed by atoms with van der Waals surface area (Å²) in [7, 11) is 0. The molecule has 0 aromatic heterocycles. The second-order valence-corrected chi connectivity index (χ2v) is 3.82. The summed E-state index contributed by atoms with van der Waals surface area (Å²) in [6.07, 6.45) is -3.92. The molecule has 0 heterocycles. The van der Waals surface area contributed by atoms with Crippen molar-refractivity contribution in [2.45, 2.75) is 32.0 Å². The first-order chi connectivity index (χ1) is 7.30. The molecule has 0 saturated carbocycles. The molecule has 0 unspecified atom stereocenters. The number of hydrogen-bond donors (Lipinski definition) is 1. The highest BCUT2D eigenvalue weighted by atomic mass is 19.4. The molecule has 0 aliphatic heterocycles. The molecule has 0 saturated heterocycles. The zero-order valence-electron chi connectivity index (χ0n) is 8.81. The fourth-order valence-electron chi connectivity index (χ4n) is 1.43. The normalized spacial score (nSPS) is 13.9. The molecule has 90 valence electrons. The molecular weight excluding hydrogens is 222 g/mol. The minimum absolute atomic E-state index is 0.0372. The first kappa shape index (κ1) is 13.0. The highest BCUT2D eigenvalue weighted by Gasteiger charge is 2.33. The summed E-state index contributed by atoms with van der Waals surface area (Å²) in [4.78, 5) is 0. The van der Waals surface area contributed by atoms with E-state index in [2.05, 4.69) is 0 Å². The number of nitrogens with two attached hydrogens (primary N) is 1. The summed E-state index contributed by atoms with van der Waals surface area (Å²) in [5.74, 6) is -0.660. The molecule has 0 bridgehead atoms. The molecule has 0 amide bonds. The summed E-state index contributed by atoms with van der Waals surface area (Å²) < 4.78 is 50.5. The van der Waals surface area contributed by atoms with E-state index in [-0.39, 0.29) is 18.0 Å². The largest absolute Gasteiger partial charge is 0.416 e. The van der Waals surface area contributed by atoms with Crippen molar-refractivity contribution in [2.75, 3.05) is 0 Å². The van der Waals surface area contributed by atoms with E-state index in [0.717, 1.165) is 18.2 Å². The Hall–Kier alpha value is -1.10. The zero-order valence-corrected chi connectivity index (χ0v) is 8.81. The lowest BCUT2D eigenvalue weighted by Crippen LogP contribution is -2.17. The lowest BCUT2D eigenvalue weighted by atomic mass is 10.0. The van der Waals surface area contributed by atoms with Crippen LogP contribution in [0.2, 0.25) is 0 Å². The molecule has 0 radical (unpaired) electrons. The number of halogens is 4. The highest BCUT2D eigenvalue weighted by molar-refractivity contribution is 5.30. The maximum atomic E-state index is 12.9. The minimum atomic E-state index is -4.44. The number of alkyl halides is 3. The van der Waals surface area contributed by atoms with Gasteiger partial charge in [-0.25, -0.2) is 4.39 Å². The molecule has 1 rings (SSSR count). The van der Waals surface area contributed by atoms with E-state index in [1.165, 1.54) is 0 Å². The first-order valence-corrected chi connectivity index (χ1v) is 4.92. The Labute approximate surface area is 91.3 Å². The van der Waals surface area contributed by atoms with Gasteiger partial charge < -0.3 is 5.73 Å². The predicted molar refractivity (Wildman–Crippen MR) is 53.4 cm³/mol. The third-order valence-electron chi connectivity index (χ3n) is 2.24. The molecule has 0 aliphatic carbocycles. The Balaban J connectivity index is 2.99. The Morgan fingerprint density at radius 1 is 1.31 bits per heavy atom. The van der Waals surface area contributed by atoms with Crippen molar-refractivity contribution in [2.24, 2.45) is 5.73 Å². The molecule has 1 nitrogen and oxygen atoms in total. The average molecular weight is 235 g/mol. The molecule has 0 fully saturated rings. The van der Waals surface area contributed by atoms with Crippen molar-refractivity contribution >= 4 is 0 Å². The third-order valence-corrected chi connectivity index (χ3v) is 2.24. The smallest absolute Gasteiger partial charge is 0.328 e. The van der Waals surface area contributed by atoms with Crippen LogP contribution in [0.4, 0.5) is 17.6 Å². The molecule has 0 spiro atoms. The average Bonchev–Trinajstić information content (AvgIpc) is 2.12.